The molecule has 2 amide bonds. The number of carbonyl (C=O) groups excluding carboxylic acids is 2. The Hall–Kier alpha value is -2.22. The molecule has 1 aromatic rings. The molecule has 8 heteroatoms. The molecule has 0 saturated heterocycles. The topological polar surface area (TPSA) is 121 Å². The number of hydrogen-bond acceptors (Lipinski definition) is 6. The summed E-state index contributed by atoms with van der Waals surface area (Å²) in [6, 6.07) is 0. The second kappa shape index (κ2) is 6.04. The van der Waals surface area contributed by atoms with Crippen LogP contribution >= 0.6 is 11.3 Å². The predicted octanol–water partition coefficient (Wildman–Crippen LogP) is 1.48. The van der Waals surface area contributed by atoms with Gasteiger partial charge >= 0.3 is 0 Å². The molecule has 0 aromatic carbocycles. The summed E-state index contributed by atoms with van der Waals surface area (Å²) in [6.45, 7) is 3.57. The van der Waals surface area contributed by atoms with Gasteiger partial charge in [-0.15, -0.1) is 0 Å². The highest BCUT2D eigenvalue weighted by molar-refractivity contribution is 7.18. The van der Waals surface area contributed by atoms with Gasteiger partial charge in [0.25, 0.3) is 0 Å². The van der Waals surface area contributed by atoms with E-state index in [-0.39, 0.29) is 23.5 Å². The molecule has 0 atom stereocenters. The van der Waals surface area contributed by atoms with Gasteiger partial charge in [-0.05, 0) is 26.7 Å². The zero-order valence-electron chi connectivity index (χ0n) is 11.8. The number of amidine groups is 1. The van der Waals surface area contributed by atoms with Crippen molar-refractivity contribution in [2.75, 3.05) is 11.1 Å². The number of rotatable bonds is 4. The molecule has 0 spiro atoms. The van der Waals surface area contributed by atoms with Crippen molar-refractivity contribution in [3.05, 3.63) is 16.5 Å². The molecule has 1 saturated carbocycles. The van der Waals surface area contributed by atoms with E-state index in [0.717, 1.165) is 29.8 Å². The number of thiazole rings is 1. The van der Waals surface area contributed by atoms with Crippen LogP contribution in [0.1, 0.15) is 31.6 Å². The molecule has 1 heterocycles. The SMILES string of the molecule is CC(C)=CC(=O)NC(=N)c1sc(NC(=O)C2CC2)nc1N. The smallest absolute Gasteiger partial charge is 0.249 e. The number of aromatic nitrogens is 1. The van der Waals surface area contributed by atoms with Crippen LogP contribution in [-0.2, 0) is 9.59 Å². The Bertz CT molecular complexity index is 627. The first-order chi connectivity index (χ1) is 9.86. The summed E-state index contributed by atoms with van der Waals surface area (Å²) in [5.41, 5.74) is 6.56. The monoisotopic (exact) mass is 307 g/mol. The number of nitrogen functional groups attached to an aromatic ring is 1. The summed E-state index contributed by atoms with van der Waals surface area (Å²) < 4.78 is 0. The Labute approximate surface area is 126 Å². The number of anilines is 2. The number of nitrogens with two attached hydrogens (primary N) is 1. The third-order valence-corrected chi connectivity index (χ3v) is 3.73. The maximum atomic E-state index is 11.6. The van der Waals surface area contributed by atoms with Crippen molar-refractivity contribution in [1.29, 1.82) is 5.41 Å². The van der Waals surface area contributed by atoms with Gasteiger partial charge in [0.1, 0.15) is 16.5 Å². The first-order valence-electron chi connectivity index (χ1n) is 6.48. The number of nitrogens with zero attached hydrogens (tertiary/aromatic N) is 1. The summed E-state index contributed by atoms with van der Waals surface area (Å²) in [4.78, 5) is 27.6. The highest BCUT2D eigenvalue weighted by Crippen LogP contribution is 2.32. The zero-order chi connectivity index (χ0) is 15.6. The summed E-state index contributed by atoms with van der Waals surface area (Å²) >= 11 is 1.07. The van der Waals surface area contributed by atoms with E-state index in [4.69, 9.17) is 11.1 Å². The zero-order valence-corrected chi connectivity index (χ0v) is 12.6. The van der Waals surface area contributed by atoms with Gasteiger partial charge in [0.15, 0.2) is 5.13 Å². The van der Waals surface area contributed by atoms with Gasteiger partial charge in [0, 0.05) is 12.0 Å². The van der Waals surface area contributed by atoms with Gasteiger partial charge in [0.2, 0.25) is 11.8 Å². The molecule has 0 aliphatic heterocycles. The van der Waals surface area contributed by atoms with E-state index < -0.39 is 5.91 Å². The lowest BCUT2D eigenvalue weighted by Gasteiger charge is -2.02. The number of amides is 2. The van der Waals surface area contributed by atoms with Crippen molar-refractivity contribution in [3.8, 4) is 0 Å². The average Bonchev–Trinajstić information content (AvgIpc) is 3.13. The third kappa shape index (κ3) is 4.12. The fourth-order valence-electron chi connectivity index (χ4n) is 1.60. The first kappa shape index (κ1) is 15.2. The fourth-order valence-corrected chi connectivity index (χ4v) is 2.39. The Kier molecular flexibility index (Phi) is 4.37. The van der Waals surface area contributed by atoms with Crippen molar-refractivity contribution >= 4 is 39.9 Å². The summed E-state index contributed by atoms with van der Waals surface area (Å²) in [5.74, 6) is -0.407. The maximum Gasteiger partial charge on any atom is 0.249 e. The molecule has 21 heavy (non-hydrogen) atoms. The van der Waals surface area contributed by atoms with Gasteiger partial charge in [-0.3, -0.25) is 15.0 Å². The van der Waals surface area contributed by atoms with Crippen molar-refractivity contribution in [3.63, 3.8) is 0 Å². The third-order valence-electron chi connectivity index (χ3n) is 2.73. The fraction of sp³-hybridized carbons (Fsp3) is 0.385. The first-order valence-corrected chi connectivity index (χ1v) is 7.30. The van der Waals surface area contributed by atoms with Crippen LogP contribution in [0.15, 0.2) is 11.6 Å². The molecule has 1 aromatic heterocycles. The van der Waals surface area contributed by atoms with Gasteiger partial charge in [-0.1, -0.05) is 16.9 Å². The van der Waals surface area contributed by atoms with E-state index in [1.807, 2.05) is 0 Å². The van der Waals surface area contributed by atoms with E-state index in [1.165, 1.54) is 6.08 Å². The van der Waals surface area contributed by atoms with E-state index in [2.05, 4.69) is 15.6 Å². The summed E-state index contributed by atoms with van der Waals surface area (Å²) in [5, 5.41) is 13.3. The standard InChI is InChI=1S/C13H17N5O2S/c1-6(2)5-8(19)16-10(14)9-11(15)17-13(21-9)18-12(20)7-3-4-7/h5,7H,3-4,15H2,1-2H3,(H2,14,16,19)(H,17,18,20). The lowest BCUT2D eigenvalue weighted by Crippen LogP contribution is -2.29. The van der Waals surface area contributed by atoms with Crippen LogP contribution in [0.3, 0.4) is 0 Å². The van der Waals surface area contributed by atoms with Crippen LogP contribution < -0.4 is 16.4 Å². The largest absolute Gasteiger partial charge is 0.382 e. The molecule has 2 rings (SSSR count). The minimum absolute atomic E-state index is 0.0652. The second-order valence-corrected chi connectivity index (χ2v) is 6.08. The Balaban J connectivity index is 2.03. The lowest BCUT2D eigenvalue weighted by molar-refractivity contribution is -0.117. The average molecular weight is 307 g/mol. The van der Waals surface area contributed by atoms with E-state index >= 15 is 0 Å². The van der Waals surface area contributed by atoms with Crippen molar-refractivity contribution in [1.82, 2.24) is 10.3 Å². The van der Waals surface area contributed by atoms with Crippen molar-refractivity contribution in [2.24, 2.45) is 5.92 Å². The lowest BCUT2D eigenvalue weighted by atomic mass is 10.3. The number of carbonyl (C=O) groups is 2. The molecule has 5 N–H and O–H groups in total. The molecule has 7 nitrogen and oxygen atoms in total. The van der Waals surface area contributed by atoms with Crippen LogP contribution in [0, 0.1) is 11.3 Å². The maximum absolute atomic E-state index is 11.6. The van der Waals surface area contributed by atoms with Crippen LogP contribution in [0.5, 0.6) is 0 Å². The van der Waals surface area contributed by atoms with Gasteiger partial charge in [-0.2, -0.15) is 0 Å². The predicted molar refractivity (Wildman–Crippen MR) is 82.3 cm³/mol. The Morgan fingerprint density at radius 2 is 2.10 bits per heavy atom. The molecule has 1 fully saturated rings. The van der Waals surface area contributed by atoms with Gasteiger partial charge in [-0.25, -0.2) is 4.98 Å². The molecular weight excluding hydrogens is 290 g/mol. The quantitative estimate of drug-likeness (QED) is 0.382. The van der Waals surface area contributed by atoms with Crippen molar-refractivity contribution < 1.29 is 9.59 Å². The van der Waals surface area contributed by atoms with Crippen LogP contribution in [-0.4, -0.2) is 22.6 Å². The minimum Gasteiger partial charge on any atom is -0.382 e. The Morgan fingerprint density at radius 1 is 1.43 bits per heavy atom. The van der Waals surface area contributed by atoms with Crippen LogP contribution in [0.2, 0.25) is 0 Å². The second-order valence-electron chi connectivity index (χ2n) is 5.08. The molecule has 1 aliphatic rings. The van der Waals surface area contributed by atoms with Gasteiger partial charge < -0.3 is 16.4 Å². The van der Waals surface area contributed by atoms with E-state index in [0.29, 0.717) is 10.0 Å². The number of nitrogens with one attached hydrogen (secondary N) is 3. The molecule has 0 unspecified atom stereocenters. The van der Waals surface area contributed by atoms with Crippen molar-refractivity contribution in [2.45, 2.75) is 26.7 Å². The highest BCUT2D eigenvalue weighted by Gasteiger charge is 2.30. The van der Waals surface area contributed by atoms with E-state index in [9.17, 15) is 9.59 Å². The molecule has 1 aliphatic carbocycles. The van der Waals surface area contributed by atoms with Crippen LogP contribution in [0.4, 0.5) is 10.9 Å². The molecule has 0 bridgehead atoms. The Morgan fingerprint density at radius 3 is 2.67 bits per heavy atom. The minimum atomic E-state index is -0.392. The van der Waals surface area contributed by atoms with Gasteiger partial charge in [0.05, 0.1) is 0 Å². The van der Waals surface area contributed by atoms with E-state index in [1.54, 1.807) is 13.8 Å². The number of allylic oxidation sites excluding steroid dienone is 1. The summed E-state index contributed by atoms with van der Waals surface area (Å²) in [7, 11) is 0. The molecule has 112 valence electrons. The number of hydrogen-bond donors (Lipinski definition) is 4. The van der Waals surface area contributed by atoms with Crippen LogP contribution in [0.25, 0.3) is 0 Å². The highest BCUT2D eigenvalue weighted by atomic mass is 32.1. The molecular formula is C13H17N5O2S. The summed E-state index contributed by atoms with van der Waals surface area (Å²) in [6.07, 6.45) is 3.18. The normalized spacial score (nSPS) is 13.4. The molecule has 0 radical (unpaired) electrons.